The maximum atomic E-state index is 10.4. The SMILES string of the molecule is O=S(=O)(O)CCOc1ccccc1I. The Bertz CT molecular complexity index is 402. The molecule has 0 aliphatic heterocycles. The lowest BCUT2D eigenvalue weighted by molar-refractivity contribution is 0.333. The summed E-state index contributed by atoms with van der Waals surface area (Å²) in [5.74, 6) is 0.231. The molecule has 0 aromatic heterocycles. The Hall–Kier alpha value is -0.340. The number of benzene rings is 1. The molecule has 0 amide bonds. The van der Waals surface area contributed by atoms with Crippen LogP contribution in [0.4, 0.5) is 0 Å². The summed E-state index contributed by atoms with van der Waals surface area (Å²) in [6, 6.07) is 7.25. The summed E-state index contributed by atoms with van der Waals surface area (Å²) in [7, 11) is -3.93. The van der Waals surface area contributed by atoms with Crippen LogP contribution in [0.15, 0.2) is 24.3 Å². The summed E-state index contributed by atoms with van der Waals surface area (Å²) < 4.78 is 35.3. The lowest BCUT2D eigenvalue weighted by atomic mass is 10.3. The largest absolute Gasteiger partial charge is 0.491 e. The van der Waals surface area contributed by atoms with Crippen LogP contribution in [-0.2, 0) is 10.1 Å². The van der Waals surface area contributed by atoms with Crippen LogP contribution in [0.3, 0.4) is 0 Å². The summed E-state index contributed by atoms with van der Waals surface area (Å²) in [6.07, 6.45) is 0. The Morgan fingerprint density at radius 2 is 2.00 bits per heavy atom. The van der Waals surface area contributed by atoms with Crippen molar-refractivity contribution in [3.63, 3.8) is 0 Å². The monoisotopic (exact) mass is 328 g/mol. The van der Waals surface area contributed by atoms with E-state index in [1.807, 2.05) is 12.1 Å². The molecular formula is C8H9IO4S. The van der Waals surface area contributed by atoms with Crippen molar-refractivity contribution in [3.8, 4) is 5.75 Å². The summed E-state index contributed by atoms with van der Waals surface area (Å²) in [5.41, 5.74) is 0. The zero-order valence-corrected chi connectivity index (χ0v) is 10.2. The molecule has 4 nitrogen and oxygen atoms in total. The van der Waals surface area contributed by atoms with Crippen LogP contribution in [0.5, 0.6) is 5.75 Å². The van der Waals surface area contributed by atoms with E-state index in [2.05, 4.69) is 22.6 Å². The van der Waals surface area contributed by atoms with Crippen LogP contribution in [-0.4, -0.2) is 25.3 Å². The Morgan fingerprint density at radius 3 is 2.57 bits per heavy atom. The Kier molecular flexibility index (Phi) is 4.14. The van der Waals surface area contributed by atoms with Crippen molar-refractivity contribution < 1.29 is 17.7 Å². The van der Waals surface area contributed by atoms with Crippen molar-refractivity contribution in [2.45, 2.75) is 0 Å². The third-order valence-electron chi connectivity index (χ3n) is 1.44. The molecule has 0 atom stereocenters. The summed E-state index contributed by atoms with van der Waals surface area (Å²) >= 11 is 2.08. The van der Waals surface area contributed by atoms with E-state index in [0.717, 1.165) is 3.57 Å². The molecule has 0 aliphatic carbocycles. The van der Waals surface area contributed by atoms with E-state index in [0.29, 0.717) is 5.75 Å². The molecular weight excluding hydrogens is 319 g/mol. The van der Waals surface area contributed by atoms with Crippen molar-refractivity contribution >= 4 is 32.7 Å². The quantitative estimate of drug-likeness (QED) is 0.673. The first-order chi connectivity index (χ1) is 6.49. The van der Waals surface area contributed by atoms with E-state index in [9.17, 15) is 8.42 Å². The number of hydrogen-bond donors (Lipinski definition) is 1. The fraction of sp³-hybridized carbons (Fsp3) is 0.250. The molecule has 0 heterocycles. The molecule has 0 spiro atoms. The van der Waals surface area contributed by atoms with E-state index < -0.39 is 15.9 Å². The maximum absolute atomic E-state index is 10.4. The number of rotatable bonds is 4. The molecule has 0 saturated carbocycles. The second-order valence-electron chi connectivity index (χ2n) is 2.56. The average molecular weight is 328 g/mol. The van der Waals surface area contributed by atoms with Crippen LogP contribution in [0.2, 0.25) is 0 Å². The van der Waals surface area contributed by atoms with Crippen LogP contribution in [0.25, 0.3) is 0 Å². The van der Waals surface area contributed by atoms with E-state index in [4.69, 9.17) is 9.29 Å². The van der Waals surface area contributed by atoms with Gasteiger partial charge in [-0.25, -0.2) is 0 Å². The van der Waals surface area contributed by atoms with Crippen LogP contribution in [0.1, 0.15) is 0 Å². The molecule has 1 N–H and O–H groups in total. The van der Waals surface area contributed by atoms with Gasteiger partial charge < -0.3 is 4.74 Å². The molecule has 0 unspecified atom stereocenters. The highest BCUT2D eigenvalue weighted by Gasteiger charge is 2.05. The van der Waals surface area contributed by atoms with Gasteiger partial charge in [0.05, 0.1) is 3.57 Å². The van der Waals surface area contributed by atoms with Gasteiger partial charge in [0.1, 0.15) is 18.1 Å². The molecule has 0 radical (unpaired) electrons. The van der Waals surface area contributed by atoms with Crippen LogP contribution < -0.4 is 4.74 Å². The van der Waals surface area contributed by atoms with Crippen molar-refractivity contribution in [2.24, 2.45) is 0 Å². The van der Waals surface area contributed by atoms with Gasteiger partial charge in [-0.2, -0.15) is 8.42 Å². The van der Waals surface area contributed by atoms with Gasteiger partial charge in [0.15, 0.2) is 0 Å². The van der Waals surface area contributed by atoms with Crippen molar-refractivity contribution in [2.75, 3.05) is 12.4 Å². The van der Waals surface area contributed by atoms with Gasteiger partial charge in [-0.3, -0.25) is 4.55 Å². The first-order valence-corrected chi connectivity index (χ1v) is 6.50. The number of halogens is 1. The number of hydrogen-bond acceptors (Lipinski definition) is 3. The Morgan fingerprint density at radius 1 is 1.36 bits per heavy atom. The average Bonchev–Trinajstić information content (AvgIpc) is 2.06. The van der Waals surface area contributed by atoms with Gasteiger partial charge >= 0.3 is 0 Å². The third kappa shape index (κ3) is 4.25. The second-order valence-corrected chi connectivity index (χ2v) is 5.30. The minimum absolute atomic E-state index is 0.0428. The van der Waals surface area contributed by atoms with Crippen LogP contribution in [0, 0.1) is 3.57 Å². The van der Waals surface area contributed by atoms with E-state index in [-0.39, 0.29) is 6.61 Å². The van der Waals surface area contributed by atoms with Crippen molar-refractivity contribution in [1.82, 2.24) is 0 Å². The minimum Gasteiger partial charge on any atom is -0.491 e. The number of ether oxygens (including phenoxy) is 1. The molecule has 0 bridgehead atoms. The van der Waals surface area contributed by atoms with E-state index in [1.165, 1.54) is 0 Å². The molecule has 0 fully saturated rings. The third-order valence-corrected chi connectivity index (χ3v) is 3.01. The number of para-hydroxylation sites is 1. The lowest BCUT2D eigenvalue weighted by Crippen LogP contribution is -2.12. The second kappa shape index (κ2) is 4.94. The highest BCUT2D eigenvalue weighted by molar-refractivity contribution is 14.1. The molecule has 1 aromatic carbocycles. The predicted molar refractivity (Wildman–Crippen MR) is 61.1 cm³/mol. The zero-order chi connectivity index (χ0) is 10.6. The fourth-order valence-electron chi connectivity index (χ4n) is 0.819. The first-order valence-electron chi connectivity index (χ1n) is 3.81. The fourth-order valence-corrected chi connectivity index (χ4v) is 1.66. The van der Waals surface area contributed by atoms with Gasteiger partial charge in [0.2, 0.25) is 0 Å². The molecule has 6 heteroatoms. The highest BCUT2D eigenvalue weighted by atomic mass is 127. The first kappa shape index (κ1) is 11.7. The summed E-state index contributed by atoms with van der Waals surface area (Å²) in [4.78, 5) is 0. The predicted octanol–water partition coefficient (Wildman–Crippen LogP) is 1.56. The Labute approximate surface area is 96.2 Å². The zero-order valence-electron chi connectivity index (χ0n) is 7.18. The topological polar surface area (TPSA) is 63.6 Å². The summed E-state index contributed by atoms with van der Waals surface area (Å²) in [6.45, 7) is -0.0428. The summed E-state index contributed by atoms with van der Waals surface area (Å²) in [5, 5.41) is 0. The maximum Gasteiger partial charge on any atom is 0.268 e. The Balaban J connectivity index is 2.51. The molecule has 0 aliphatic rings. The molecule has 1 aromatic rings. The van der Waals surface area contributed by atoms with Gasteiger partial charge in [-0.1, -0.05) is 12.1 Å². The van der Waals surface area contributed by atoms with Gasteiger partial charge in [-0.05, 0) is 34.7 Å². The van der Waals surface area contributed by atoms with Crippen molar-refractivity contribution in [1.29, 1.82) is 0 Å². The van der Waals surface area contributed by atoms with E-state index >= 15 is 0 Å². The molecule has 14 heavy (non-hydrogen) atoms. The van der Waals surface area contributed by atoms with Crippen molar-refractivity contribution in [3.05, 3.63) is 27.8 Å². The van der Waals surface area contributed by atoms with Gasteiger partial charge in [0, 0.05) is 0 Å². The standard InChI is InChI=1S/C8H9IO4S/c9-7-3-1-2-4-8(7)13-5-6-14(10,11)12/h1-4H,5-6H2,(H,10,11,12). The van der Waals surface area contributed by atoms with Crippen LogP contribution >= 0.6 is 22.6 Å². The smallest absolute Gasteiger partial charge is 0.268 e. The minimum atomic E-state index is -3.93. The van der Waals surface area contributed by atoms with Gasteiger partial charge in [-0.15, -0.1) is 0 Å². The van der Waals surface area contributed by atoms with E-state index in [1.54, 1.807) is 12.1 Å². The lowest BCUT2D eigenvalue weighted by Gasteiger charge is -2.06. The molecule has 1 rings (SSSR count). The highest BCUT2D eigenvalue weighted by Crippen LogP contribution is 2.19. The normalized spacial score (nSPS) is 11.3. The molecule has 0 saturated heterocycles. The van der Waals surface area contributed by atoms with Gasteiger partial charge in [0.25, 0.3) is 10.1 Å². The molecule has 78 valence electrons.